The first kappa shape index (κ1) is 22.0. The highest BCUT2D eigenvalue weighted by Crippen LogP contribution is 2.33. The van der Waals surface area contributed by atoms with Gasteiger partial charge in [0.1, 0.15) is 0 Å². The summed E-state index contributed by atoms with van der Waals surface area (Å²) in [6, 6.07) is 10.9. The Hall–Kier alpha value is -3.26. The van der Waals surface area contributed by atoms with Gasteiger partial charge in [0.2, 0.25) is 5.96 Å². The number of hydrogen-bond acceptors (Lipinski definition) is 4. The summed E-state index contributed by atoms with van der Waals surface area (Å²) in [6.45, 7) is 8.80. The number of aromatic nitrogens is 2. The lowest BCUT2D eigenvalue weighted by Gasteiger charge is -2.32. The third-order valence-corrected chi connectivity index (χ3v) is 6.29. The van der Waals surface area contributed by atoms with E-state index in [9.17, 15) is 4.79 Å². The fraction of sp³-hybridized carbons (Fsp3) is 0.417. The zero-order valence-corrected chi connectivity index (χ0v) is 18.8. The molecular weight excluding hydrogens is 402 g/mol. The number of nitrogens with two attached hydrogens (primary N) is 1. The van der Waals surface area contributed by atoms with Crippen LogP contribution in [0.4, 0.5) is 0 Å². The van der Waals surface area contributed by atoms with Crippen molar-refractivity contribution in [1.82, 2.24) is 20.0 Å². The van der Waals surface area contributed by atoms with E-state index < -0.39 is 5.91 Å². The Kier molecular flexibility index (Phi) is 6.50. The predicted molar refractivity (Wildman–Crippen MR) is 128 cm³/mol. The van der Waals surface area contributed by atoms with Gasteiger partial charge in [-0.15, -0.1) is 0 Å². The molecule has 32 heavy (non-hydrogen) atoms. The van der Waals surface area contributed by atoms with Crippen molar-refractivity contribution in [3.05, 3.63) is 58.4 Å². The number of amides is 1. The van der Waals surface area contributed by atoms with Gasteiger partial charge in [-0.1, -0.05) is 30.3 Å². The molecule has 0 spiro atoms. The van der Waals surface area contributed by atoms with E-state index in [0.717, 1.165) is 67.8 Å². The maximum atomic E-state index is 11.8. The maximum Gasteiger partial charge on any atom is 0.269 e. The lowest BCUT2D eigenvalue weighted by Crippen LogP contribution is -2.44. The third-order valence-electron chi connectivity index (χ3n) is 6.29. The summed E-state index contributed by atoms with van der Waals surface area (Å²) in [5.41, 5.74) is 10.8. The molecule has 1 aromatic heterocycles. The molecule has 1 aliphatic carbocycles. The highest BCUT2D eigenvalue weighted by molar-refractivity contribution is 5.95. The van der Waals surface area contributed by atoms with E-state index in [0.29, 0.717) is 17.7 Å². The van der Waals surface area contributed by atoms with E-state index in [1.807, 2.05) is 7.05 Å². The highest BCUT2D eigenvalue weighted by Gasteiger charge is 2.27. The zero-order chi connectivity index (χ0) is 22.7. The molecule has 0 unspecified atom stereocenters. The predicted octanol–water partition coefficient (Wildman–Crippen LogP) is 2.51. The molecule has 0 bridgehead atoms. The van der Waals surface area contributed by atoms with E-state index >= 15 is 0 Å². The molecule has 0 radical (unpaired) electrons. The molecule has 1 aliphatic heterocycles. The fourth-order valence-electron chi connectivity index (χ4n) is 4.56. The van der Waals surface area contributed by atoms with Crippen molar-refractivity contribution in [3.8, 4) is 0 Å². The first-order chi connectivity index (χ1) is 15.5. The minimum absolute atomic E-state index is 0.294. The number of hydrogen-bond donors (Lipinski definition) is 2. The number of nitrogens with one attached hydrogen (secondary N) is 1. The first-order valence-electron chi connectivity index (χ1n) is 11.1. The SMILES string of the molecule is C=N/C(=N\C1=C(C)CCc2c(C(N)=O)nn(C)c21)NC1CCN(Cc2ccccc2)CC1. The van der Waals surface area contributed by atoms with Crippen LogP contribution in [0.15, 0.2) is 45.9 Å². The van der Waals surface area contributed by atoms with Crippen LogP contribution >= 0.6 is 0 Å². The number of carbonyl (C=O) groups is 1. The van der Waals surface area contributed by atoms with Crippen molar-refractivity contribution in [2.75, 3.05) is 13.1 Å². The van der Waals surface area contributed by atoms with Crippen molar-refractivity contribution in [2.24, 2.45) is 22.8 Å². The highest BCUT2D eigenvalue weighted by atomic mass is 16.1. The van der Waals surface area contributed by atoms with Gasteiger partial charge in [0.15, 0.2) is 5.69 Å². The fourth-order valence-corrected chi connectivity index (χ4v) is 4.56. The summed E-state index contributed by atoms with van der Waals surface area (Å²) in [7, 11) is 1.82. The van der Waals surface area contributed by atoms with Crippen LogP contribution in [-0.2, 0) is 20.0 Å². The monoisotopic (exact) mass is 433 g/mol. The molecule has 2 heterocycles. The Morgan fingerprint density at radius 3 is 2.62 bits per heavy atom. The van der Waals surface area contributed by atoms with Crippen molar-refractivity contribution in [3.63, 3.8) is 0 Å². The quantitative estimate of drug-likeness (QED) is 0.559. The number of nitrogens with zero attached hydrogens (tertiary/aromatic N) is 5. The van der Waals surface area contributed by atoms with Crippen LogP contribution < -0.4 is 11.1 Å². The molecule has 1 saturated heterocycles. The van der Waals surface area contributed by atoms with Crippen LogP contribution in [-0.4, -0.2) is 52.4 Å². The van der Waals surface area contributed by atoms with Crippen LogP contribution in [0.1, 0.15) is 53.5 Å². The van der Waals surface area contributed by atoms with E-state index in [1.54, 1.807) is 4.68 Å². The normalized spacial score (nSPS) is 17.9. The summed E-state index contributed by atoms with van der Waals surface area (Å²) >= 11 is 0. The molecule has 1 amide bonds. The van der Waals surface area contributed by atoms with Crippen molar-refractivity contribution in [2.45, 2.75) is 45.2 Å². The molecule has 8 nitrogen and oxygen atoms in total. The second-order valence-corrected chi connectivity index (χ2v) is 8.57. The van der Waals surface area contributed by atoms with E-state index in [1.165, 1.54) is 5.56 Å². The Bertz CT molecular complexity index is 1060. The van der Waals surface area contributed by atoms with Gasteiger partial charge in [0.25, 0.3) is 5.91 Å². The minimum Gasteiger partial charge on any atom is -0.364 e. The van der Waals surface area contributed by atoms with Crippen LogP contribution in [0.2, 0.25) is 0 Å². The van der Waals surface area contributed by atoms with Crippen molar-refractivity contribution >= 4 is 24.3 Å². The summed E-state index contributed by atoms with van der Waals surface area (Å²) < 4.78 is 1.69. The van der Waals surface area contributed by atoms with Crippen LogP contribution in [0.5, 0.6) is 0 Å². The van der Waals surface area contributed by atoms with Gasteiger partial charge in [-0.05, 0) is 50.5 Å². The van der Waals surface area contributed by atoms with Crippen LogP contribution in [0, 0.1) is 0 Å². The molecule has 8 heteroatoms. The summed E-state index contributed by atoms with van der Waals surface area (Å²) in [6.07, 6.45) is 3.57. The van der Waals surface area contributed by atoms with Gasteiger partial charge in [-0.25, -0.2) is 9.98 Å². The van der Waals surface area contributed by atoms with Gasteiger partial charge in [0.05, 0.1) is 11.4 Å². The summed E-state index contributed by atoms with van der Waals surface area (Å²) in [5, 5.41) is 7.81. The second-order valence-electron chi connectivity index (χ2n) is 8.57. The molecule has 1 fully saturated rings. The summed E-state index contributed by atoms with van der Waals surface area (Å²) in [4.78, 5) is 23.3. The maximum absolute atomic E-state index is 11.8. The molecule has 168 valence electrons. The molecule has 2 aliphatic rings. The minimum atomic E-state index is -0.507. The molecular formula is C24H31N7O. The van der Waals surface area contributed by atoms with Gasteiger partial charge >= 0.3 is 0 Å². The number of aliphatic imine (C=N–C) groups is 2. The Morgan fingerprint density at radius 2 is 1.97 bits per heavy atom. The van der Waals surface area contributed by atoms with E-state index in [-0.39, 0.29) is 0 Å². The van der Waals surface area contributed by atoms with E-state index in [2.05, 4.69) is 64.3 Å². The van der Waals surface area contributed by atoms with Gasteiger partial charge in [-0.3, -0.25) is 14.4 Å². The number of fused-ring (bicyclic) bond motifs is 1. The molecule has 2 aromatic rings. The average molecular weight is 434 g/mol. The topological polar surface area (TPSA) is 101 Å². The lowest BCUT2D eigenvalue weighted by molar-refractivity contribution is 0.0994. The van der Waals surface area contributed by atoms with Gasteiger partial charge in [0, 0.05) is 38.3 Å². The zero-order valence-electron chi connectivity index (χ0n) is 18.8. The number of carbonyl (C=O) groups excluding carboxylic acids is 1. The van der Waals surface area contributed by atoms with Crippen molar-refractivity contribution in [1.29, 1.82) is 0 Å². The number of primary amides is 1. The summed E-state index contributed by atoms with van der Waals surface area (Å²) in [5.74, 6) is 0.00252. The third kappa shape index (κ3) is 4.65. The standard InChI is InChI=1S/C24H31N7O/c1-16-9-10-19-21(23(25)32)29-30(3)22(19)20(16)28-24(26-2)27-18-11-13-31(14-12-18)15-17-7-5-4-6-8-17/h4-8,18H,2,9-15H2,1,3H3,(H2,25,32)(H,27,28). The Balaban J connectivity index is 1.45. The van der Waals surface area contributed by atoms with Crippen LogP contribution in [0.25, 0.3) is 5.70 Å². The number of guanidine groups is 1. The largest absolute Gasteiger partial charge is 0.364 e. The lowest BCUT2D eigenvalue weighted by atomic mass is 9.93. The van der Waals surface area contributed by atoms with Gasteiger partial charge in [-0.2, -0.15) is 5.10 Å². The Morgan fingerprint density at radius 1 is 1.25 bits per heavy atom. The number of piperidine rings is 1. The molecule has 1 aromatic carbocycles. The van der Waals surface area contributed by atoms with Crippen molar-refractivity contribution < 1.29 is 4.79 Å². The first-order valence-corrected chi connectivity index (χ1v) is 11.1. The number of aryl methyl sites for hydroxylation is 1. The number of likely N-dealkylation sites (tertiary alicyclic amines) is 1. The van der Waals surface area contributed by atoms with Gasteiger partial charge < -0.3 is 11.1 Å². The Labute approximate surface area is 188 Å². The average Bonchev–Trinajstić information content (AvgIpc) is 3.14. The molecule has 0 atom stereocenters. The molecule has 0 saturated carbocycles. The number of rotatable bonds is 5. The van der Waals surface area contributed by atoms with Crippen LogP contribution in [0.3, 0.4) is 0 Å². The number of allylic oxidation sites excluding steroid dienone is 1. The second kappa shape index (κ2) is 9.48. The molecule has 3 N–H and O–H groups in total. The number of benzene rings is 1. The van der Waals surface area contributed by atoms with E-state index in [4.69, 9.17) is 10.7 Å². The smallest absolute Gasteiger partial charge is 0.269 e. The molecule has 4 rings (SSSR count).